The molecular weight excluding hydrogens is 304 g/mol. The van der Waals surface area contributed by atoms with Crippen LogP contribution in [0.2, 0.25) is 0 Å². The van der Waals surface area contributed by atoms with Crippen LogP contribution in [0.5, 0.6) is 0 Å². The number of rotatable bonds is 5. The molecule has 2 saturated carbocycles. The van der Waals surface area contributed by atoms with E-state index in [-0.39, 0.29) is 6.10 Å². The lowest BCUT2D eigenvalue weighted by molar-refractivity contribution is 0.126. The van der Waals surface area contributed by atoms with Gasteiger partial charge >= 0.3 is 0 Å². The molecule has 0 spiro atoms. The van der Waals surface area contributed by atoms with Gasteiger partial charge in [-0.1, -0.05) is 5.21 Å². The van der Waals surface area contributed by atoms with Gasteiger partial charge in [0.1, 0.15) is 5.69 Å². The van der Waals surface area contributed by atoms with E-state index < -0.39 is 0 Å². The second kappa shape index (κ2) is 6.47. The lowest BCUT2D eigenvalue weighted by atomic mass is 9.93. The van der Waals surface area contributed by atoms with Gasteiger partial charge in [0.15, 0.2) is 0 Å². The van der Waals surface area contributed by atoms with Gasteiger partial charge in [0.2, 0.25) is 5.95 Å². The van der Waals surface area contributed by atoms with Crippen LogP contribution in [0.1, 0.15) is 44.2 Å². The van der Waals surface area contributed by atoms with Crippen molar-refractivity contribution in [1.82, 2.24) is 25.0 Å². The fourth-order valence-corrected chi connectivity index (χ4v) is 3.36. The number of aromatic nitrogens is 5. The van der Waals surface area contributed by atoms with Crippen LogP contribution in [0.15, 0.2) is 12.3 Å². The van der Waals surface area contributed by atoms with Gasteiger partial charge < -0.3 is 10.4 Å². The van der Waals surface area contributed by atoms with E-state index in [1.807, 2.05) is 17.8 Å². The number of nitrogens with one attached hydrogen (secondary N) is 1. The molecule has 0 radical (unpaired) electrons. The number of aryl methyl sites for hydroxylation is 1. The van der Waals surface area contributed by atoms with Crippen LogP contribution in [0.3, 0.4) is 0 Å². The Morgan fingerprint density at radius 1 is 1.21 bits per heavy atom. The third-order valence-electron chi connectivity index (χ3n) is 5.05. The summed E-state index contributed by atoms with van der Waals surface area (Å²) in [7, 11) is 1.95. The van der Waals surface area contributed by atoms with Gasteiger partial charge in [-0.25, -0.2) is 9.97 Å². The maximum Gasteiger partial charge on any atom is 0.223 e. The zero-order valence-corrected chi connectivity index (χ0v) is 14.0. The number of hydrogen-bond donors (Lipinski definition) is 2. The van der Waals surface area contributed by atoms with Gasteiger partial charge in [-0.3, -0.25) is 4.68 Å². The smallest absolute Gasteiger partial charge is 0.223 e. The number of aliphatic hydroxyl groups excluding tert-OH is 1. The van der Waals surface area contributed by atoms with E-state index in [2.05, 4.69) is 25.6 Å². The Hall–Kier alpha value is -2.02. The average molecular weight is 328 g/mol. The zero-order valence-electron chi connectivity index (χ0n) is 14.0. The van der Waals surface area contributed by atoms with Crippen molar-refractivity contribution in [2.45, 2.75) is 57.1 Å². The number of anilines is 1. The van der Waals surface area contributed by atoms with E-state index in [4.69, 9.17) is 0 Å². The van der Waals surface area contributed by atoms with Gasteiger partial charge in [0.25, 0.3) is 0 Å². The van der Waals surface area contributed by atoms with Crippen LogP contribution in [0.25, 0.3) is 11.4 Å². The highest BCUT2D eigenvalue weighted by atomic mass is 16.3. The second-order valence-electron chi connectivity index (χ2n) is 7.07. The Kier molecular flexibility index (Phi) is 4.18. The molecule has 0 bridgehead atoms. The topological polar surface area (TPSA) is 88.8 Å². The molecule has 2 fully saturated rings. The molecule has 128 valence electrons. The minimum Gasteiger partial charge on any atom is -0.393 e. The molecule has 0 aliphatic heterocycles. The Morgan fingerprint density at radius 2 is 2.00 bits per heavy atom. The first-order chi connectivity index (χ1) is 11.7. The van der Waals surface area contributed by atoms with Crippen molar-refractivity contribution in [1.29, 1.82) is 0 Å². The highest BCUT2D eigenvalue weighted by molar-refractivity contribution is 5.58. The molecule has 2 heterocycles. The average Bonchev–Trinajstić information content (AvgIpc) is 3.33. The molecule has 2 aromatic rings. The number of aliphatic hydroxyl groups is 1. The summed E-state index contributed by atoms with van der Waals surface area (Å²) in [5.41, 5.74) is 2.85. The van der Waals surface area contributed by atoms with E-state index in [9.17, 15) is 5.11 Å². The maximum absolute atomic E-state index is 9.62. The molecule has 2 aliphatic carbocycles. The highest BCUT2D eigenvalue weighted by Gasteiger charge is 2.26. The van der Waals surface area contributed by atoms with Gasteiger partial charge in [-0.2, -0.15) is 0 Å². The molecular formula is C17H24N6O. The molecule has 2 aliphatic rings. The molecule has 7 heteroatoms. The van der Waals surface area contributed by atoms with Crippen LogP contribution in [-0.4, -0.2) is 42.2 Å². The van der Waals surface area contributed by atoms with Crippen molar-refractivity contribution in [3.8, 4) is 11.4 Å². The van der Waals surface area contributed by atoms with Crippen LogP contribution < -0.4 is 5.32 Å². The quantitative estimate of drug-likeness (QED) is 0.872. The van der Waals surface area contributed by atoms with E-state index in [0.717, 1.165) is 55.1 Å². The number of hydrogen-bond acceptors (Lipinski definition) is 6. The van der Waals surface area contributed by atoms with Gasteiger partial charge in [-0.15, -0.1) is 5.10 Å². The van der Waals surface area contributed by atoms with Gasteiger partial charge in [-0.05, 0) is 56.9 Å². The first-order valence-corrected chi connectivity index (χ1v) is 8.85. The molecule has 0 unspecified atom stereocenters. The van der Waals surface area contributed by atoms with Crippen LogP contribution in [0, 0.1) is 5.92 Å². The first-order valence-electron chi connectivity index (χ1n) is 8.85. The molecule has 2 aromatic heterocycles. The van der Waals surface area contributed by atoms with Crippen molar-refractivity contribution in [2.24, 2.45) is 13.0 Å². The Balaban J connectivity index is 1.52. The SMILES string of the molecule is Cn1nnc(-c2ccnc(NC3CCC(O)CC3)n2)c1CC1CC1. The van der Waals surface area contributed by atoms with Crippen molar-refractivity contribution in [2.75, 3.05) is 5.32 Å². The predicted molar refractivity (Wildman–Crippen MR) is 90.3 cm³/mol. The fourth-order valence-electron chi connectivity index (χ4n) is 3.36. The van der Waals surface area contributed by atoms with E-state index in [1.54, 1.807) is 6.20 Å². The number of nitrogens with zero attached hydrogens (tertiary/aromatic N) is 5. The van der Waals surface area contributed by atoms with E-state index >= 15 is 0 Å². The van der Waals surface area contributed by atoms with Gasteiger partial charge in [0.05, 0.1) is 17.5 Å². The first kappa shape index (κ1) is 15.5. The summed E-state index contributed by atoms with van der Waals surface area (Å²) in [6.07, 6.45) is 8.83. The summed E-state index contributed by atoms with van der Waals surface area (Å²) < 4.78 is 1.87. The highest BCUT2D eigenvalue weighted by Crippen LogP contribution is 2.34. The summed E-state index contributed by atoms with van der Waals surface area (Å²) in [5, 5.41) is 21.5. The fraction of sp³-hybridized carbons (Fsp3) is 0.647. The monoisotopic (exact) mass is 328 g/mol. The normalized spacial score (nSPS) is 24.1. The van der Waals surface area contributed by atoms with Crippen LogP contribution in [0.4, 0.5) is 5.95 Å². The molecule has 0 saturated heterocycles. The minimum atomic E-state index is -0.153. The Bertz CT molecular complexity index is 703. The Labute approximate surface area is 141 Å². The van der Waals surface area contributed by atoms with Gasteiger partial charge in [0, 0.05) is 19.3 Å². The molecule has 7 nitrogen and oxygen atoms in total. The molecule has 24 heavy (non-hydrogen) atoms. The summed E-state index contributed by atoms with van der Waals surface area (Å²) in [5.74, 6) is 1.41. The maximum atomic E-state index is 9.62. The molecule has 0 amide bonds. The molecule has 0 atom stereocenters. The second-order valence-corrected chi connectivity index (χ2v) is 7.07. The largest absolute Gasteiger partial charge is 0.393 e. The van der Waals surface area contributed by atoms with E-state index in [0.29, 0.717) is 12.0 Å². The lowest BCUT2D eigenvalue weighted by Crippen LogP contribution is -2.28. The van der Waals surface area contributed by atoms with Crippen molar-refractivity contribution in [3.05, 3.63) is 18.0 Å². The molecule has 0 aromatic carbocycles. The Morgan fingerprint density at radius 3 is 2.75 bits per heavy atom. The summed E-state index contributed by atoms with van der Waals surface area (Å²) in [4.78, 5) is 9.01. The summed E-state index contributed by atoms with van der Waals surface area (Å²) >= 11 is 0. The molecule has 4 rings (SSSR count). The predicted octanol–water partition coefficient (Wildman–Crippen LogP) is 1.94. The third-order valence-corrected chi connectivity index (χ3v) is 5.05. The van der Waals surface area contributed by atoms with Crippen LogP contribution >= 0.6 is 0 Å². The third kappa shape index (κ3) is 3.40. The minimum absolute atomic E-state index is 0.153. The summed E-state index contributed by atoms with van der Waals surface area (Å²) in [6.45, 7) is 0. The standard InChI is InChI=1S/C17H24N6O/c1-23-15(10-11-2-3-11)16(21-22-23)14-8-9-18-17(20-14)19-12-4-6-13(24)7-5-12/h8-9,11-13,24H,2-7,10H2,1H3,(H,18,19,20). The van der Waals surface area contributed by atoms with Crippen LogP contribution in [-0.2, 0) is 13.5 Å². The lowest BCUT2D eigenvalue weighted by Gasteiger charge is -2.26. The summed E-state index contributed by atoms with van der Waals surface area (Å²) in [6, 6.07) is 2.23. The van der Waals surface area contributed by atoms with Crippen molar-refractivity contribution >= 4 is 5.95 Å². The van der Waals surface area contributed by atoms with E-state index in [1.165, 1.54) is 12.8 Å². The molecule has 2 N–H and O–H groups in total. The van der Waals surface area contributed by atoms with Crippen molar-refractivity contribution in [3.63, 3.8) is 0 Å². The zero-order chi connectivity index (χ0) is 16.5. The van der Waals surface area contributed by atoms with Crippen molar-refractivity contribution < 1.29 is 5.11 Å².